The molecule has 0 aliphatic rings. The van der Waals surface area contributed by atoms with Gasteiger partial charge in [0.1, 0.15) is 5.82 Å². The number of methoxy groups -OCH3 is 1. The molecule has 2 rings (SSSR count). The van der Waals surface area contributed by atoms with E-state index in [1.165, 1.54) is 0 Å². The minimum Gasteiger partial charge on any atom is -0.380 e. The molecule has 0 saturated heterocycles. The Morgan fingerprint density at radius 1 is 1.21 bits per heavy atom. The van der Waals surface area contributed by atoms with Gasteiger partial charge in [-0.15, -0.1) is 0 Å². The first kappa shape index (κ1) is 13.5. The third kappa shape index (κ3) is 2.90. The SMILES string of the molecule is CNc1nc(-c2cccc(COC)c2)nc(C)c1C. The molecule has 1 heterocycles. The minimum absolute atomic E-state index is 0.595. The molecule has 0 fully saturated rings. The average molecular weight is 257 g/mol. The molecule has 2 aromatic rings. The fraction of sp³-hybridized carbons (Fsp3) is 0.333. The van der Waals surface area contributed by atoms with E-state index in [2.05, 4.69) is 21.4 Å². The Labute approximate surface area is 113 Å². The van der Waals surface area contributed by atoms with Crippen LogP contribution in [0.1, 0.15) is 16.8 Å². The molecule has 0 saturated carbocycles. The zero-order valence-electron chi connectivity index (χ0n) is 11.8. The molecule has 0 spiro atoms. The van der Waals surface area contributed by atoms with Crippen molar-refractivity contribution < 1.29 is 4.74 Å². The van der Waals surface area contributed by atoms with Crippen LogP contribution in [0, 0.1) is 13.8 Å². The lowest BCUT2D eigenvalue weighted by Crippen LogP contribution is -2.03. The molecule has 0 atom stereocenters. The number of rotatable bonds is 4. The van der Waals surface area contributed by atoms with E-state index in [1.807, 2.05) is 39.1 Å². The Kier molecular flexibility index (Phi) is 4.12. The summed E-state index contributed by atoms with van der Waals surface area (Å²) in [5.74, 6) is 1.62. The maximum absolute atomic E-state index is 5.15. The first-order chi connectivity index (χ1) is 9.15. The van der Waals surface area contributed by atoms with E-state index in [4.69, 9.17) is 4.74 Å². The van der Waals surface area contributed by atoms with Crippen LogP contribution in [-0.2, 0) is 11.3 Å². The van der Waals surface area contributed by atoms with E-state index < -0.39 is 0 Å². The summed E-state index contributed by atoms with van der Waals surface area (Å²) in [6, 6.07) is 8.12. The van der Waals surface area contributed by atoms with Gasteiger partial charge in [0.25, 0.3) is 0 Å². The number of aryl methyl sites for hydroxylation is 1. The maximum atomic E-state index is 5.15. The molecular formula is C15H19N3O. The van der Waals surface area contributed by atoms with Crippen molar-refractivity contribution in [3.8, 4) is 11.4 Å². The van der Waals surface area contributed by atoms with E-state index in [-0.39, 0.29) is 0 Å². The fourth-order valence-corrected chi connectivity index (χ4v) is 1.97. The molecule has 1 aromatic heterocycles. The third-order valence-electron chi connectivity index (χ3n) is 3.12. The molecule has 0 amide bonds. The van der Waals surface area contributed by atoms with Gasteiger partial charge in [-0.25, -0.2) is 9.97 Å². The van der Waals surface area contributed by atoms with Crippen LogP contribution in [0.25, 0.3) is 11.4 Å². The van der Waals surface area contributed by atoms with Crippen LogP contribution in [0.15, 0.2) is 24.3 Å². The third-order valence-corrected chi connectivity index (χ3v) is 3.12. The van der Waals surface area contributed by atoms with Gasteiger partial charge in [-0.3, -0.25) is 0 Å². The number of nitrogens with one attached hydrogen (secondary N) is 1. The van der Waals surface area contributed by atoms with Gasteiger partial charge in [0, 0.05) is 31.0 Å². The molecule has 1 N–H and O–H groups in total. The second-order valence-corrected chi connectivity index (χ2v) is 4.49. The molecule has 4 heteroatoms. The topological polar surface area (TPSA) is 47.0 Å². The van der Waals surface area contributed by atoms with Crippen LogP contribution >= 0.6 is 0 Å². The van der Waals surface area contributed by atoms with Gasteiger partial charge in [-0.05, 0) is 25.5 Å². The molecule has 19 heavy (non-hydrogen) atoms. The molecule has 0 aliphatic heterocycles. The van der Waals surface area contributed by atoms with Gasteiger partial charge in [0.2, 0.25) is 0 Å². The highest BCUT2D eigenvalue weighted by molar-refractivity contribution is 5.60. The van der Waals surface area contributed by atoms with E-state index in [1.54, 1.807) is 7.11 Å². The minimum atomic E-state index is 0.595. The molecule has 0 bridgehead atoms. The molecule has 0 unspecified atom stereocenters. The monoisotopic (exact) mass is 257 g/mol. The van der Waals surface area contributed by atoms with Crippen molar-refractivity contribution in [2.45, 2.75) is 20.5 Å². The lowest BCUT2D eigenvalue weighted by molar-refractivity contribution is 0.185. The molecule has 100 valence electrons. The average Bonchev–Trinajstić information content (AvgIpc) is 2.42. The van der Waals surface area contributed by atoms with Gasteiger partial charge < -0.3 is 10.1 Å². The van der Waals surface area contributed by atoms with Crippen molar-refractivity contribution in [1.82, 2.24) is 9.97 Å². The smallest absolute Gasteiger partial charge is 0.161 e. The summed E-state index contributed by atoms with van der Waals surface area (Å²) < 4.78 is 5.15. The Morgan fingerprint density at radius 3 is 2.68 bits per heavy atom. The summed E-state index contributed by atoms with van der Waals surface area (Å²) in [6.07, 6.45) is 0. The highest BCUT2D eigenvalue weighted by Crippen LogP contribution is 2.22. The maximum Gasteiger partial charge on any atom is 0.161 e. The lowest BCUT2D eigenvalue weighted by atomic mass is 10.1. The normalized spacial score (nSPS) is 10.5. The second kappa shape index (κ2) is 5.80. The van der Waals surface area contributed by atoms with E-state index in [9.17, 15) is 0 Å². The van der Waals surface area contributed by atoms with Crippen molar-refractivity contribution in [1.29, 1.82) is 0 Å². The van der Waals surface area contributed by atoms with Gasteiger partial charge in [-0.2, -0.15) is 0 Å². The summed E-state index contributed by atoms with van der Waals surface area (Å²) >= 11 is 0. The number of benzene rings is 1. The number of ether oxygens (including phenoxy) is 1. The van der Waals surface area contributed by atoms with Gasteiger partial charge in [-0.1, -0.05) is 18.2 Å². The van der Waals surface area contributed by atoms with Crippen LogP contribution in [0.5, 0.6) is 0 Å². The number of nitrogens with zero attached hydrogens (tertiary/aromatic N) is 2. The van der Waals surface area contributed by atoms with Gasteiger partial charge in [0.15, 0.2) is 5.82 Å². The first-order valence-electron chi connectivity index (χ1n) is 6.27. The number of hydrogen-bond acceptors (Lipinski definition) is 4. The van der Waals surface area contributed by atoms with Crippen molar-refractivity contribution in [2.24, 2.45) is 0 Å². The number of hydrogen-bond donors (Lipinski definition) is 1. The van der Waals surface area contributed by atoms with Gasteiger partial charge >= 0.3 is 0 Å². The highest BCUT2D eigenvalue weighted by atomic mass is 16.5. The molecule has 0 aliphatic carbocycles. The summed E-state index contributed by atoms with van der Waals surface area (Å²) in [5.41, 5.74) is 4.20. The Hall–Kier alpha value is -1.94. The molecule has 0 radical (unpaired) electrons. The zero-order valence-corrected chi connectivity index (χ0v) is 11.8. The Bertz CT molecular complexity index is 582. The predicted octanol–water partition coefficient (Wildman–Crippen LogP) is 2.95. The first-order valence-corrected chi connectivity index (χ1v) is 6.27. The van der Waals surface area contributed by atoms with Crippen molar-refractivity contribution in [2.75, 3.05) is 19.5 Å². The predicted molar refractivity (Wildman–Crippen MR) is 77.2 cm³/mol. The van der Waals surface area contributed by atoms with Crippen LogP contribution in [0.4, 0.5) is 5.82 Å². The van der Waals surface area contributed by atoms with E-state index >= 15 is 0 Å². The van der Waals surface area contributed by atoms with Crippen molar-refractivity contribution in [3.05, 3.63) is 41.1 Å². The largest absolute Gasteiger partial charge is 0.380 e. The van der Waals surface area contributed by atoms with E-state index in [0.717, 1.165) is 34.0 Å². The van der Waals surface area contributed by atoms with Crippen LogP contribution < -0.4 is 5.32 Å². The van der Waals surface area contributed by atoms with Crippen molar-refractivity contribution >= 4 is 5.82 Å². The fourth-order valence-electron chi connectivity index (χ4n) is 1.97. The van der Waals surface area contributed by atoms with Crippen LogP contribution in [-0.4, -0.2) is 24.1 Å². The molecule has 4 nitrogen and oxygen atoms in total. The summed E-state index contributed by atoms with van der Waals surface area (Å²) in [5, 5.41) is 3.11. The Morgan fingerprint density at radius 2 is 2.00 bits per heavy atom. The lowest BCUT2D eigenvalue weighted by Gasteiger charge is -2.10. The molecule has 1 aromatic carbocycles. The summed E-state index contributed by atoms with van der Waals surface area (Å²) in [7, 11) is 3.57. The molecular weight excluding hydrogens is 238 g/mol. The Balaban J connectivity index is 2.46. The number of anilines is 1. The quantitative estimate of drug-likeness (QED) is 0.914. The van der Waals surface area contributed by atoms with Crippen LogP contribution in [0.3, 0.4) is 0 Å². The van der Waals surface area contributed by atoms with Gasteiger partial charge in [0.05, 0.1) is 6.61 Å². The zero-order chi connectivity index (χ0) is 13.8. The second-order valence-electron chi connectivity index (χ2n) is 4.49. The standard InChI is InChI=1S/C15H19N3O/c1-10-11(2)17-15(18-14(10)16-3)13-7-5-6-12(8-13)9-19-4/h5-8H,9H2,1-4H3,(H,16,17,18). The summed E-state index contributed by atoms with van der Waals surface area (Å²) in [4.78, 5) is 9.12. The van der Waals surface area contributed by atoms with E-state index in [0.29, 0.717) is 6.61 Å². The number of aromatic nitrogens is 2. The summed E-state index contributed by atoms with van der Waals surface area (Å²) in [6.45, 7) is 4.62. The van der Waals surface area contributed by atoms with Crippen LogP contribution in [0.2, 0.25) is 0 Å². The van der Waals surface area contributed by atoms with Crippen molar-refractivity contribution in [3.63, 3.8) is 0 Å². The highest BCUT2D eigenvalue weighted by Gasteiger charge is 2.09.